The highest BCUT2D eigenvalue weighted by Crippen LogP contribution is 2.16. The molecule has 0 spiro atoms. The molecule has 0 radical (unpaired) electrons. The summed E-state index contributed by atoms with van der Waals surface area (Å²) in [5, 5.41) is 10.9. The lowest BCUT2D eigenvalue weighted by molar-refractivity contribution is -0.118. The van der Waals surface area contributed by atoms with E-state index in [0.717, 1.165) is 11.8 Å². The van der Waals surface area contributed by atoms with Crippen LogP contribution in [0.2, 0.25) is 0 Å². The van der Waals surface area contributed by atoms with Gasteiger partial charge in [-0.2, -0.15) is 0 Å². The van der Waals surface area contributed by atoms with Gasteiger partial charge in [0, 0.05) is 12.1 Å². The van der Waals surface area contributed by atoms with Crippen LogP contribution in [0.3, 0.4) is 0 Å². The Morgan fingerprint density at radius 2 is 1.83 bits per heavy atom. The van der Waals surface area contributed by atoms with Crippen LogP contribution in [0.15, 0.2) is 53.7 Å². The van der Waals surface area contributed by atoms with E-state index < -0.39 is 11.6 Å². The van der Waals surface area contributed by atoms with Crippen LogP contribution >= 0.6 is 11.8 Å². The Balaban J connectivity index is 1.44. The summed E-state index contributed by atoms with van der Waals surface area (Å²) in [4.78, 5) is 12.0. The highest BCUT2D eigenvalue weighted by atomic mass is 32.2. The highest BCUT2D eigenvalue weighted by Gasteiger charge is 2.13. The molecule has 0 saturated carbocycles. The van der Waals surface area contributed by atoms with Gasteiger partial charge in [-0.25, -0.2) is 13.5 Å². The van der Waals surface area contributed by atoms with Gasteiger partial charge in [-0.05, 0) is 30.7 Å². The SMILES string of the molecule is Nn1c(COc2ccccc2)nnc1SCC(=O)NCCc1c(F)cccc1F. The number of amides is 1. The van der Waals surface area contributed by atoms with E-state index in [-0.39, 0.29) is 36.8 Å². The van der Waals surface area contributed by atoms with E-state index >= 15 is 0 Å². The van der Waals surface area contributed by atoms with Crippen LogP contribution < -0.4 is 15.9 Å². The van der Waals surface area contributed by atoms with Gasteiger partial charge >= 0.3 is 0 Å². The number of benzene rings is 2. The average molecular weight is 419 g/mol. The molecule has 0 saturated heterocycles. The topological polar surface area (TPSA) is 95.1 Å². The molecule has 1 heterocycles. The highest BCUT2D eigenvalue weighted by molar-refractivity contribution is 7.99. The third-order valence-corrected chi connectivity index (χ3v) is 4.88. The molecule has 0 unspecified atom stereocenters. The number of halogens is 2. The van der Waals surface area contributed by atoms with E-state index in [1.54, 1.807) is 0 Å². The summed E-state index contributed by atoms with van der Waals surface area (Å²) in [5.41, 5.74) is -0.0507. The van der Waals surface area contributed by atoms with Crippen molar-refractivity contribution in [2.45, 2.75) is 18.2 Å². The van der Waals surface area contributed by atoms with Crippen molar-refractivity contribution in [2.24, 2.45) is 0 Å². The Kier molecular flexibility index (Phi) is 7.01. The molecule has 0 aliphatic heterocycles. The first-order valence-electron chi connectivity index (χ1n) is 8.74. The van der Waals surface area contributed by atoms with Crippen molar-refractivity contribution in [1.29, 1.82) is 0 Å². The first kappa shape index (κ1) is 20.6. The van der Waals surface area contributed by atoms with Crippen molar-refractivity contribution >= 4 is 17.7 Å². The lowest BCUT2D eigenvalue weighted by atomic mass is 10.1. The molecule has 1 amide bonds. The second kappa shape index (κ2) is 9.87. The van der Waals surface area contributed by atoms with Crippen LogP contribution in [-0.4, -0.2) is 33.1 Å². The number of aromatic nitrogens is 3. The number of para-hydroxylation sites is 1. The van der Waals surface area contributed by atoms with Crippen molar-refractivity contribution < 1.29 is 18.3 Å². The Labute approximate surface area is 170 Å². The largest absolute Gasteiger partial charge is 0.486 e. The number of nitrogens with two attached hydrogens (primary N) is 1. The van der Waals surface area contributed by atoms with Crippen LogP contribution in [0.5, 0.6) is 5.75 Å². The van der Waals surface area contributed by atoms with E-state index in [4.69, 9.17) is 10.6 Å². The van der Waals surface area contributed by atoms with Crippen molar-refractivity contribution in [3.05, 3.63) is 71.6 Å². The maximum Gasteiger partial charge on any atom is 0.230 e. The van der Waals surface area contributed by atoms with Gasteiger partial charge in [0.05, 0.1) is 5.75 Å². The number of nitrogens with one attached hydrogen (secondary N) is 1. The second-order valence-corrected chi connectivity index (χ2v) is 6.90. The number of hydrogen-bond donors (Lipinski definition) is 2. The Morgan fingerprint density at radius 1 is 1.10 bits per heavy atom. The van der Waals surface area contributed by atoms with Gasteiger partial charge in [-0.1, -0.05) is 36.0 Å². The number of hydrogen-bond acceptors (Lipinski definition) is 6. The van der Waals surface area contributed by atoms with Gasteiger partial charge in [0.25, 0.3) is 0 Å². The molecule has 0 aliphatic rings. The monoisotopic (exact) mass is 419 g/mol. The molecule has 2 aromatic carbocycles. The lowest BCUT2D eigenvalue weighted by Gasteiger charge is -2.07. The van der Waals surface area contributed by atoms with Gasteiger partial charge in [-0.15, -0.1) is 10.2 Å². The lowest BCUT2D eigenvalue weighted by Crippen LogP contribution is -2.28. The molecule has 0 fully saturated rings. The molecule has 3 N–H and O–H groups in total. The molecule has 1 aromatic heterocycles. The minimum Gasteiger partial charge on any atom is -0.486 e. The number of rotatable bonds is 9. The summed E-state index contributed by atoms with van der Waals surface area (Å²) in [6.07, 6.45) is 0.0585. The average Bonchev–Trinajstić information content (AvgIpc) is 3.07. The zero-order chi connectivity index (χ0) is 20.6. The normalized spacial score (nSPS) is 10.7. The molecule has 10 heteroatoms. The maximum absolute atomic E-state index is 13.6. The number of nitrogen functional groups attached to an aromatic ring is 1. The molecule has 0 aliphatic carbocycles. The van der Waals surface area contributed by atoms with E-state index in [2.05, 4.69) is 15.5 Å². The van der Waals surface area contributed by atoms with Gasteiger partial charge in [-0.3, -0.25) is 4.79 Å². The van der Waals surface area contributed by atoms with Crippen LogP contribution in [-0.2, 0) is 17.8 Å². The fraction of sp³-hybridized carbons (Fsp3) is 0.211. The summed E-state index contributed by atoms with van der Waals surface area (Å²) in [7, 11) is 0. The summed E-state index contributed by atoms with van der Waals surface area (Å²) in [6, 6.07) is 12.9. The molecule has 0 bridgehead atoms. The molecule has 0 atom stereocenters. The fourth-order valence-corrected chi connectivity index (χ4v) is 3.15. The zero-order valence-corrected chi connectivity index (χ0v) is 16.2. The van der Waals surface area contributed by atoms with Crippen molar-refractivity contribution in [2.75, 3.05) is 18.1 Å². The minimum atomic E-state index is -0.630. The van der Waals surface area contributed by atoms with Crippen LogP contribution in [0.25, 0.3) is 0 Å². The van der Waals surface area contributed by atoms with E-state index in [9.17, 15) is 13.6 Å². The first-order valence-corrected chi connectivity index (χ1v) is 9.72. The Bertz CT molecular complexity index is 948. The molecular weight excluding hydrogens is 400 g/mol. The minimum absolute atomic E-state index is 0.0363. The van der Waals surface area contributed by atoms with E-state index in [0.29, 0.717) is 16.7 Å². The quantitative estimate of drug-likeness (QED) is 0.408. The van der Waals surface area contributed by atoms with Crippen LogP contribution in [0, 0.1) is 11.6 Å². The molecule has 152 valence electrons. The van der Waals surface area contributed by atoms with Gasteiger partial charge in [0.1, 0.15) is 24.0 Å². The van der Waals surface area contributed by atoms with Gasteiger partial charge < -0.3 is 15.9 Å². The molecule has 7 nitrogen and oxygen atoms in total. The Hall–Kier alpha value is -3.14. The number of ether oxygens (including phenoxy) is 1. The standard InChI is InChI=1S/C19H19F2N5O2S/c20-15-7-4-8-16(21)14(15)9-10-23-18(27)12-29-19-25-24-17(26(19)22)11-28-13-5-2-1-3-6-13/h1-8H,9-12,22H2,(H,23,27). The van der Waals surface area contributed by atoms with E-state index in [1.807, 2.05) is 30.3 Å². The number of nitrogens with zero attached hydrogens (tertiary/aromatic N) is 3. The third kappa shape index (κ3) is 5.67. The van der Waals surface area contributed by atoms with Crippen molar-refractivity contribution in [1.82, 2.24) is 20.2 Å². The maximum atomic E-state index is 13.6. The first-order chi connectivity index (χ1) is 14.0. The zero-order valence-electron chi connectivity index (χ0n) is 15.3. The van der Waals surface area contributed by atoms with Crippen LogP contribution in [0.4, 0.5) is 8.78 Å². The molecular formula is C19H19F2N5O2S. The number of carbonyl (C=O) groups is 1. The molecule has 29 heavy (non-hydrogen) atoms. The summed E-state index contributed by atoms with van der Waals surface area (Å²) < 4.78 is 34.0. The fourth-order valence-electron chi connectivity index (χ4n) is 2.45. The second-order valence-electron chi connectivity index (χ2n) is 5.96. The molecule has 3 rings (SSSR count). The number of carbonyl (C=O) groups excluding carboxylic acids is 1. The number of thioether (sulfide) groups is 1. The predicted octanol–water partition coefficient (Wildman–Crippen LogP) is 2.30. The van der Waals surface area contributed by atoms with Gasteiger partial charge in [0.2, 0.25) is 11.1 Å². The summed E-state index contributed by atoms with van der Waals surface area (Å²) in [5.74, 6) is 5.49. The van der Waals surface area contributed by atoms with Gasteiger partial charge in [0.15, 0.2) is 5.82 Å². The third-order valence-electron chi connectivity index (χ3n) is 3.94. The summed E-state index contributed by atoms with van der Waals surface area (Å²) in [6.45, 7) is 0.247. The van der Waals surface area contributed by atoms with Crippen molar-refractivity contribution in [3.63, 3.8) is 0 Å². The van der Waals surface area contributed by atoms with Crippen molar-refractivity contribution in [3.8, 4) is 5.75 Å². The smallest absolute Gasteiger partial charge is 0.230 e. The predicted molar refractivity (Wildman–Crippen MR) is 105 cm³/mol. The Morgan fingerprint density at radius 3 is 2.55 bits per heavy atom. The van der Waals surface area contributed by atoms with Crippen LogP contribution in [0.1, 0.15) is 11.4 Å². The molecule has 3 aromatic rings. The summed E-state index contributed by atoms with van der Waals surface area (Å²) >= 11 is 1.10. The van der Waals surface area contributed by atoms with E-state index in [1.165, 1.54) is 22.9 Å².